The topological polar surface area (TPSA) is 20.2 Å². The summed E-state index contributed by atoms with van der Waals surface area (Å²) in [5, 5.41) is 10.5. The van der Waals surface area contributed by atoms with Crippen molar-refractivity contribution in [3.05, 3.63) is 46.5 Å². The standard InChI is InChI=1S/C12H14Cl2O/c1-3-12(2,8-15)7-9-4-5-10(13)6-11(9)14/h3-6,15H,1,7-8H2,2H3. The highest BCUT2D eigenvalue weighted by Crippen LogP contribution is 2.29. The summed E-state index contributed by atoms with van der Waals surface area (Å²) < 4.78 is 0. The van der Waals surface area contributed by atoms with Gasteiger partial charge in [0.1, 0.15) is 0 Å². The largest absolute Gasteiger partial charge is 0.395 e. The van der Waals surface area contributed by atoms with Crippen LogP contribution in [0.5, 0.6) is 0 Å². The van der Waals surface area contributed by atoms with E-state index in [1.807, 2.05) is 13.0 Å². The van der Waals surface area contributed by atoms with E-state index < -0.39 is 0 Å². The van der Waals surface area contributed by atoms with Crippen molar-refractivity contribution in [3.8, 4) is 0 Å². The molecule has 0 spiro atoms. The molecule has 0 saturated carbocycles. The van der Waals surface area contributed by atoms with Crippen molar-refractivity contribution in [2.45, 2.75) is 13.3 Å². The van der Waals surface area contributed by atoms with E-state index in [0.29, 0.717) is 16.5 Å². The molecule has 82 valence electrons. The molecule has 3 heteroatoms. The Kier molecular flexibility index (Phi) is 4.21. The minimum Gasteiger partial charge on any atom is -0.395 e. The molecule has 1 aromatic rings. The number of benzene rings is 1. The molecule has 0 fully saturated rings. The molecule has 1 atom stereocenters. The molecule has 0 amide bonds. The third kappa shape index (κ3) is 3.23. The van der Waals surface area contributed by atoms with Gasteiger partial charge in [-0.3, -0.25) is 0 Å². The van der Waals surface area contributed by atoms with Crippen molar-refractivity contribution in [2.24, 2.45) is 5.41 Å². The first-order valence-corrected chi connectivity index (χ1v) is 5.45. The van der Waals surface area contributed by atoms with Gasteiger partial charge in [0.25, 0.3) is 0 Å². The van der Waals surface area contributed by atoms with Crippen LogP contribution >= 0.6 is 23.2 Å². The zero-order chi connectivity index (χ0) is 11.5. The first kappa shape index (κ1) is 12.6. The molecule has 15 heavy (non-hydrogen) atoms. The summed E-state index contributed by atoms with van der Waals surface area (Å²) in [6.45, 7) is 5.70. The molecule has 1 nitrogen and oxygen atoms in total. The summed E-state index contributed by atoms with van der Waals surface area (Å²) in [6.07, 6.45) is 2.40. The maximum atomic E-state index is 9.25. The molecule has 0 aromatic heterocycles. The van der Waals surface area contributed by atoms with Gasteiger partial charge in [-0.05, 0) is 24.1 Å². The van der Waals surface area contributed by atoms with Crippen LogP contribution in [0.1, 0.15) is 12.5 Å². The highest BCUT2D eigenvalue weighted by atomic mass is 35.5. The first-order chi connectivity index (χ1) is 7.00. The Balaban J connectivity index is 2.94. The molecular formula is C12H14Cl2O. The first-order valence-electron chi connectivity index (χ1n) is 4.69. The average Bonchev–Trinajstić information content (AvgIpc) is 2.22. The molecule has 1 rings (SSSR count). The number of rotatable bonds is 4. The molecule has 0 aliphatic rings. The van der Waals surface area contributed by atoms with Crippen LogP contribution in [0.3, 0.4) is 0 Å². The Bertz CT molecular complexity index is 363. The van der Waals surface area contributed by atoms with Crippen molar-refractivity contribution in [3.63, 3.8) is 0 Å². The normalized spacial score (nSPS) is 14.7. The second-order valence-corrected chi connectivity index (χ2v) is 4.77. The van der Waals surface area contributed by atoms with Crippen LogP contribution in [-0.2, 0) is 6.42 Å². The van der Waals surface area contributed by atoms with Crippen LogP contribution in [0.2, 0.25) is 10.0 Å². The van der Waals surface area contributed by atoms with Crippen molar-refractivity contribution >= 4 is 23.2 Å². The van der Waals surface area contributed by atoms with Crippen LogP contribution in [0, 0.1) is 5.41 Å². The second-order valence-electron chi connectivity index (χ2n) is 3.93. The maximum absolute atomic E-state index is 9.25. The van der Waals surface area contributed by atoms with Crippen molar-refractivity contribution in [1.82, 2.24) is 0 Å². The van der Waals surface area contributed by atoms with E-state index in [9.17, 15) is 5.11 Å². The lowest BCUT2D eigenvalue weighted by Gasteiger charge is -2.23. The highest BCUT2D eigenvalue weighted by molar-refractivity contribution is 6.35. The zero-order valence-corrected chi connectivity index (χ0v) is 10.1. The van der Waals surface area contributed by atoms with Gasteiger partial charge in [-0.25, -0.2) is 0 Å². The number of halogens is 2. The van der Waals surface area contributed by atoms with Gasteiger partial charge in [0.15, 0.2) is 0 Å². The number of hydrogen-bond acceptors (Lipinski definition) is 1. The number of aliphatic hydroxyl groups excluding tert-OH is 1. The van der Waals surface area contributed by atoms with E-state index in [2.05, 4.69) is 6.58 Å². The molecule has 0 radical (unpaired) electrons. The lowest BCUT2D eigenvalue weighted by atomic mass is 9.85. The summed E-state index contributed by atoms with van der Waals surface area (Å²) in [6, 6.07) is 5.38. The monoisotopic (exact) mass is 244 g/mol. The van der Waals surface area contributed by atoms with Gasteiger partial charge in [-0.2, -0.15) is 0 Å². The van der Waals surface area contributed by atoms with Gasteiger partial charge in [0.2, 0.25) is 0 Å². The Hall–Kier alpha value is -0.500. The van der Waals surface area contributed by atoms with Crippen LogP contribution in [0.4, 0.5) is 0 Å². The molecule has 0 saturated heterocycles. The molecule has 0 aliphatic carbocycles. The third-order valence-electron chi connectivity index (χ3n) is 2.46. The van der Waals surface area contributed by atoms with Crippen molar-refractivity contribution in [2.75, 3.05) is 6.61 Å². The zero-order valence-electron chi connectivity index (χ0n) is 8.63. The smallest absolute Gasteiger partial charge is 0.0522 e. The summed E-state index contributed by atoms with van der Waals surface area (Å²) in [5.41, 5.74) is 0.634. The van der Waals surface area contributed by atoms with Gasteiger partial charge >= 0.3 is 0 Å². The Morgan fingerprint density at radius 2 is 2.13 bits per heavy atom. The molecule has 1 unspecified atom stereocenters. The van der Waals surface area contributed by atoms with E-state index in [1.54, 1.807) is 18.2 Å². The van der Waals surface area contributed by atoms with E-state index in [4.69, 9.17) is 23.2 Å². The minimum atomic E-state index is -0.336. The van der Waals surface area contributed by atoms with Gasteiger partial charge in [0.05, 0.1) is 6.61 Å². The Labute approximate surface area is 100 Å². The molecule has 1 N–H and O–H groups in total. The van der Waals surface area contributed by atoms with Gasteiger partial charge in [0, 0.05) is 15.5 Å². The van der Waals surface area contributed by atoms with Gasteiger partial charge in [-0.1, -0.05) is 42.3 Å². The summed E-state index contributed by atoms with van der Waals surface area (Å²) in [5.74, 6) is 0. The highest BCUT2D eigenvalue weighted by Gasteiger charge is 2.20. The van der Waals surface area contributed by atoms with Crippen LogP contribution < -0.4 is 0 Å². The molecule has 1 aromatic carbocycles. The summed E-state index contributed by atoms with van der Waals surface area (Å²) in [4.78, 5) is 0. The lowest BCUT2D eigenvalue weighted by molar-refractivity contribution is 0.184. The fourth-order valence-electron chi connectivity index (χ4n) is 1.29. The second kappa shape index (κ2) is 5.02. The molecule has 0 aliphatic heterocycles. The van der Waals surface area contributed by atoms with E-state index in [0.717, 1.165) is 5.56 Å². The third-order valence-corrected chi connectivity index (χ3v) is 3.05. The maximum Gasteiger partial charge on any atom is 0.0522 e. The predicted octanol–water partition coefficient (Wildman–Crippen LogP) is 3.72. The molecular weight excluding hydrogens is 231 g/mol. The van der Waals surface area contributed by atoms with E-state index >= 15 is 0 Å². The SMILES string of the molecule is C=CC(C)(CO)Cc1ccc(Cl)cc1Cl. The molecule has 0 heterocycles. The average molecular weight is 245 g/mol. The van der Waals surface area contributed by atoms with Gasteiger partial charge in [-0.15, -0.1) is 6.58 Å². The lowest BCUT2D eigenvalue weighted by Crippen LogP contribution is -2.21. The Morgan fingerprint density at radius 3 is 2.60 bits per heavy atom. The predicted molar refractivity (Wildman–Crippen MR) is 65.6 cm³/mol. The number of hydrogen-bond donors (Lipinski definition) is 1. The van der Waals surface area contributed by atoms with E-state index in [1.165, 1.54) is 0 Å². The number of aliphatic hydroxyl groups is 1. The summed E-state index contributed by atoms with van der Waals surface area (Å²) in [7, 11) is 0. The van der Waals surface area contributed by atoms with E-state index in [-0.39, 0.29) is 12.0 Å². The van der Waals surface area contributed by atoms with Crippen molar-refractivity contribution < 1.29 is 5.11 Å². The Morgan fingerprint density at radius 1 is 1.47 bits per heavy atom. The van der Waals surface area contributed by atoms with Gasteiger partial charge < -0.3 is 5.11 Å². The van der Waals surface area contributed by atoms with Crippen LogP contribution in [-0.4, -0.2) is 11.7 Å². The molecule has 0 bridgehead atoms. The van der Waals surface area contributed by atoms with Crippen LogP contribution in [0.15, 0.2) is 30.9 Å². The fourth-order valence-corrected chi connectivity index (χ4v) is 1.77. The van der Waals surface area contributed by atoms with Crippen molar-refractivity contribution in [1.29, 1.82) is 0 Å². The van der Waals surface area contributed by atoms with Crippen LogP contribution in [0.25, 0.3) is 0 Å². The fraction of sp³-hybridized carbons (Fsp3) is 0.333. The summed E-state index contributed by atoms with van der Waals surface area (Å²) >= 11 is 11.9. The quantitative estimate of drug-likeness (QED) is 0.801. The minimum absolute atomic E-state index is 0.0510.